The molecule has 52 heavy (non-hydrogen) atoms. The van der Waals surface area contributed by atoms with Crippen LogP contribution in [-0.4, -0.2) is 24.1 Å². The van der Waals surface area contributed by atoms with E-state index in [0.29, 0.717) is 17.5 Å². The molecule has 0 spiro atoms. The first-order valence-corrected chi connectivity index (χ1v) is 17.4. The van der Waals surface area contributed by atoms with Crippen LogP contribution in [0.3, 0.4) is 0 Å². The molecule has 3 aromatic heterocycles. The predicted octanol–water partition coefficient (Wildman–Crippen LogP) is 11.6. The van der Waals surface area contributed by atoms with Crippen molar-refractivity contribution in [2.45, 2.75) is 0 Å². The van der Waals surface area contributed by atoms with Crippen molar-refractivity contribution in [3.8, 4) is 56.7 Å². The predicted molar refractivity (Wildman–Crippen MR) is 213 cm³/mol. The Bertz CT molecular complexity index is 2780. The van der Waals surface area contributed by atoms with Crippen molar-refractivity contribution in [3.63, 3.8) is 0 Å². The fourth-order valence-electron chi connectivity index (χ4n) is 7.29. The van der Waals surface area contributed by atoms with Gasteiger partial charge in [0.25, 0.3) is 0 Å². The molecule has 0 aliphatic heterocycles. The van der Waals surface area contributed by atoms with Crippen molar-refractivity contribution >= 4 is 32.7 Å². The van der Waals surface area contributed by atoms with E-state index in [1.54, 1.807) is 0 Å². The second kappa shape index (κ2) is 12.3. The van der Waals surface area contributed by atoms with Crippen LogP contribution in [0.25, 0.3) is 89.4 Å². The Labute approximate surface area is 300 Å². The van der Waals surface area contributed by atoms with Gasteiger partial charge in [-0.15, -0.1) is 0 Å². The monoisotopic (exact) mass is 665 g/mol. The second-order valence-electron chi connectivity index (χ2n) is 13.0. The molecule has 7 aromatic carbocycles. The number of rotatable bonds is 6. The van der Waals surface area contributed by atoms with Crippen molar-refractivity contribution in [2.24, 2.45) is 0 Å². The minimum atomic E-state index is 0.645. The Morgan fingerprint density at radius 2 is 0.827 bits per heavy atom. The van der Waals surface area contributed by atoms with Crippen molar-refractivity contribution < 1.29 is 0 Å². The average molecular weight is 666 g/mol. The molecule has 5 heteroatoms. The zero-order valence-corrected chi connectivity index (χ0v) is 28.1. The molecule has 0 aliphatic carbocycles. The van der Waals surface area contributed by atoms with Crippen molar-refractivity contribution in [2.75, 3.05) is 0 Å². The highest BCUT2D eigenvalue weighted by molar-refractivity contribution is 6.09. The van der Waals surface area contributed by atoms with E-state index in [2.05, 4.69) is 137 Å². The van der Waals surface area contributed by atoms with Crippen molar-refractivity contribution in [1.82, 2.24) is 24.1 Å². The van der Waals surface area contributed by atoms with Crippen LogP contribution < -0.4 is 0 Å². The van der Waals surface area contributed by atoms with Crippen LogP contribution in [0.15, 0.2) is 188 Å². The third-order valence-electron chi connectivity index (χ3n) is 9.81. The molecule has 0 radical (unpaired) electrons. The largest absolute Gasteiger partial charge is 0.317 e. The molecule has 5 nitrogen and oxygen atoms in total. The summed E-state index contributed by atoms with van der Waals surface area (Å²) in [4.78, 5) is 14.7. The molecule has 0 atom stereocenters. The molecule has 10 rings (SSSR count). The lowest BCUT2D eigenvalue weighted by Crippen LogP contribution is -2.00. The van der Waals surface area contributed by atoms with Gasteiger partial charge in [-0.1, -0.05) is 121 Å². The molecule has 0 fully saturated rings. The van der Waals surface area contributed by atoms with E-state index in [0.717, 1.165) is 44.7 Å². The summed E-state index contributed by atoms with van der Waals surface area (Å²) < 4.78 is 4.61. The molecule has 244 valence electrons. The molecular formula is C47H31N5. The molecule has 3 heterocycles. The van der Waals surface area contributed by atoms with E-state index in [4.69, 9.17) is 15.0 Å². The van der Waals surface area contributed by atoms with Crippen LogP contribution in [0.2, 0.25) is 0 Å². The second-order valence-corrected chi connectivity index (χ2v) is 13.0. The summed E-state index contributed by atoms with van der Waals surface area (Å²) in [6.45, 7) is 0. The molecule has 0 amide bonds. The van der Waals surface area contributed by atoms with E-state index in [-0.39, 0.29) is 0 Å². The van der Waals surface area contributed by atoms with Gasteiger partial charge in [-0.05, 0) is 71.8 Å². The summed E-state index contributed by atoms with van der Waals surface area (Å²) >= 11 is 0. The Balaban J connectivity index is 0.990. The molecular weight excluding hydrogens is 635 g/mol. The third kappa shape index (κ3) is 5.15. The number of hydrogen-bond donors (Lipinski definition) is 0. The lowest BCUT2D eigenvalue weighted by molar-refractivity contribution is 1.07. The van der Waals surface area contributed by atoms with Crippen LogP contribution in [0.4, 0.5) is 0 Å². The smallest absolute Gasteiger partial charge is 0.164 e. The van der Waals surface area contributed by atoms with Crippen LogP contribution in [0.5, 0.6) is 0 Å². The molecule has 0 saturated carbocycles. The fourth-order valence-corrected chi connectivity index (χ4v) is 7.29. The summed E-state index contributed by atoms with van der Waals surface area (Å²) in [5.74, 6) is 1.95. The van der Waals surface area contributed by atoms with Gasteiger partial charge in [0.05, 0.1) is 16.6 Å². The minimum absolute atomic E-state index is 0.645. The zero-order valence-electron chi connectivity index (χ0n) is 28.1. The summed E-state index contributed by atoms with van der Waals surface area (Å²) in [6, 6.07) is 63.6. The first-order chi connectivity index (χ1) is 25.8. The summed E-state index contributed by atoms with van der Waals surface area (Å²) in [5.41, 5.74) is 10.9. The minimum Gasteiger partial charge on any atom is -0.317 e. The Hall–Kier alpha value is -7.11. The van der Waals surface area contributed by atoms with E-state index >= 15 is 0 Å². The lowest BCUT2D eigenvalue weighted by atomic mass is 10.0. The average Bonchev–Trinajstić information content (AvgIpc) is 3.81. The summed E-state index contributed by atoms with van der Waals surface area (Å²) in [6.07, 6.45) is 2.15. The maximum Gasteiger partial charge on any atom is 0.164 e. The quantitative estimate of drug-likeness (QED) is 0.178. The summed E-state index contributed by atoms with van der Waals surface area (Å²) in [7, 11) is 0. The van der Waals surface area contributed by atoms with Crippen LogP contribution in [0, 0.1) is 0 Å². The first kappa shape index (κ1) is 29.8. The number of fused-ring (bicyclic) bond motifs is 4. The lowest BCUT2D eigenvalue weighted by Gasteiger charge is -2.11. The number of aromatic nitrogens is 5. The van der Waals surface area contributed by atoms with Gasteiger partial charge >= 0.3 is 0 Å². The molecule has 0 unspecified atom stereocenters. The zero-order chi connectivity index (χ0) is 34.4. The number of para-hydroxylation sites is 2. The molecule has 0 N–H and O–H groups in total. The van der Waals surface area contributed by atoms with Gasteiger partial charge in [-0.25, -0.2) is 15.0 Å². The Morgan fingerprint density at radius 1 is 0.327 bits per heavy atom. The van der Waals surface area contributed by atoms with Gasteiger partial charge in [0, 0.05) is 50.4 Å². The van der Waals surface area contributed by atoms with E-state index in [1.165, 1.54) is 27.2 Å². The van der Waals surface area contributed by atoms with E-state index < -0.39 is 0 Å². The standard InChI is InChI=1S/C47H31N5/c1-3-12-32(13-4-1)45-48-46(33-14-5-2-6-15-33)50-47(49-45)37-17-11-16-34(31-37)35-22-27-42-36(30-35)28-29-51(42)38-23-25-39(26-24-38)52-43-20-9-7-18-40(43)41-19-8-10-21-44(41)52/h1-31H. The van der Waals surface area contributed by atoms with Crippen LogP contribution >= 0.6 is 0 Å². The highest BCUT2D eigenvalue weighted by atomic mass is 15.0. The van der Waals surface area contributed by atoms with Crippen molar-refractivity contribution in [3.05, 3.63) is 188 Å². The maximum atomic E-state index is 4.95. The Morgan fingerprint density at radius 3 is 1.46 bits per heavy atom. The molecule has 10 aromatic rings. The van der Waals surface area contributed by atoms with E-state index in [1.807, 2.05) is 60.7 Å². The fraction of sp³-hybridized carbons (Fsp3) is 0. The normalized spacial score (nSPS) is 11.5. The highest BCUT2D eigenvalue weighted by Gasteiger charge is 2.15. The first-order valence-electron chi connectivity index (χ1n) is 17.4. The maximum absolute atomic E-state index is 4.95. The molecule has 0 saturated heterocycles. The van der Waals surface area contributed by atoms with Gasteiger partial charge in [-0.3, -0.25) is 0 Å². The van der Waals surface area contributed by atoms with Gasteiger partial charge < -0.3 is 9.13 Å². The molecule has 0 aliphatic rings. The Kier molecular flexibility index (Phi) is 7.07. The number of benzene rings is 7. The van der Waals surface area contributed by atoms with Gasteiger partial charge in [0.2, 0.25) is 0 Å². The third-order valence-corrected chi connectivity index (χ3v) is 9.81. The van der Waals surface area contributed by atoms with Gasteiger partial charge in [0.15, 0.2) is 17.5 Å². The van der Waals surface area contributed by atoms with Crippen molar-refractivity contribution in [1.29, 1.82) is 0 Å². The SMILES string of the molecule is c1ccc(-c2nc(-c3ccccc3)nc(-c3cccc(-c4ccc5c(ccn5-c5ccc(-n6c7ccccc7c7ccccc76)cc5)c4)c3)n2)cc1. The topological polar surface area (TPSA) is 48.5 Å². The number of hydrogen-bond acceptors (Lipinski definition) is 3. The van der Waals surface area contributed by atoms with Gasteiger partial charge in [0.1, 0.15) is 0 Å². The van der Waals surface area contributed by atoms with Crippen LogP contribution in [0.1, 0.15) is 0 Å². The molecule has 0 bridgehead atoms. The van der Waals surface area contributed by atoms with Crippen LogP contribution in [-0.2, 0) is 0 Å². The summed E-state index contributed by atoms with van der Waals surface area (Å²) in [5, 5.41) is 3.71. The van der Waals surface area contributed by atoms with Gasteiger partial charge in [-0.2, -0.15) is 0 Å². The number of nitrogens with zero attached hydrogens (tertiary/aromatic N) is 5. The van der Waals surface area contributed by atoms with E-state index in [9.17, 15) is 0 Å². The highest BCUT2D eigenvalue weighted by Crippen LogP contribution is 2.34.